The Labute approximate surface area is 126 Å². The molecule has 0 spiro atoms. The van der Waals surface area contributed by atoms with Crippen LogP contribution in [0.25, 0.3) is 11.3 Å². The molecule has 2 aromatic heterocycles. The van der Waals surface area contributed by atoms with Crippen molar-refractivity contribution >= 4 is 39.7 Å². The average Bonchev–Trinajstić information content (AvgIpc) is 3.19. The van der Waals surface area contributed by atoms with Crippen molar-refractivity contribution in [3.8, 4) is 0 Å². The molecular weight excluding hydrogens is 286 g/mol. The lowest BCUT2D eigenvalue weighted by molar-refractivity contribution is -0.114. The molecule has 2 aromatic rings. The average molecular weight is 301 g/mol. The third-order valence-corrected chi connectivity index (χ3v) is 5.89. The molecule has 1 atom stereocenters. The molecular formula is C16H15NOS2. The Morgan fingerprint density at radius 2 is 1.85 bits per heavy atom. The minimum Gasteiger partial charge on any atom is -0.366 e. The van der Waals surface area contributed by atoms with E-state index in [1.807, 2.05) is 6.07 Å². The highest BCUT2D eigenvalue weighted by Gasteiger charge is 2.37. The van der Waals surface area contributed by atoms with Crippen LogP contribution in [0.15, 0.2) is 35.0 Å². The molecule has 2 aliphatic rings. The summed E-state index contributed by atoms with van der Waals surface area (Å²) in [6.07, 6.45) is 3.03. The van der Waals surface area contributed by atoms with Crippen LogP contribution in [0.3, 0.4) is 0 Å². The fourth-order valence-electron chi connectivity index (χ4n) is 3.29. The standard InChI is InChI=1S/C16H15NOS2/c18-12-10-11-4-1-7-17(11)16(14-6-3-9-20-14)15(12)13-5-2-8-19-13/h2-3,5-6,8-9,11H,1,4,7,10H2/t11-/m1/s1. The van der Waals surface area contributed by atoms with Gasteiger partial charge in [-0.3, -0.25) is 4.79 Å². The number of hydrogen-bond donors (Lipinski definition) is 0. The number of carbonyl (C=O) groups is 1. The highest BCUT2D eigenvalue weighted by atomic mass is 32.1. The second kappa shape index (κ2) is 4.86. The van der Waals surface area contributed by atoms with E-state index in [9.17, 15) is 4.79 Å². The number of thiophene rings is 2. The van der Waals surface area contributed by atoms with E-state index >= 15 is 0 Å². The van der Waals surface area contributed by atoms with Gasteiger partial charge in [0.2, 0.25) is 0 Å². The zero-order valence-corrected chi connectivity index (χ0v) is 12.7. The van der Waals surface area contributed by atoms with Crippen LogP contribution in [0.1, 0.15) is 29.0 Å². The molecule has 4 heterocycles. The van der Waals surface area contributed by atoms with Crippen molar-refractivity contribution in [1.82, 2.24) is 4.90 Å². The Balaban J connectivity index is 1.95. The molecule has 0 aromatic carbocycles. The molecule has 4 heteroatoms. The first kappa shape index (κ1) is 12.4. The Kier molecular flexibility index (Phi) is 3.00. The quantitative estimate of drug-likeness (QED) is 0.832. The van der Waals surface area contributed by atoms with Crippen LogP contribution in [-0.4, -0.2) is 23.3 Å². The van der Waals surface area contributed by atoms with Crippen molar-refractivity contribution in [3.05, 3.63) is 44.8 Å². The van der Waals surface area contributed by atoms with Gasteiger partial charge in [0, 0.05) is 23.9 Å². The van der Waals surface area contributed by atoms with Gasteiger partial charge < -0.3 is 4.90 Å². The van der Waals surface area contributed by atoms with Crippen LogP contribution in [0, 0.1) is 0 Å². The Morgan fingerprint density at radius 1 is 1.10 bits per heavy atom. The lowest BCUT2D eigenvalue weighted by Crippen LogP contribution is -2.35. The molecule has 4 rings (SSSR count). The molecule has 0 amide bonds. The maximum Gasteiger partial charge on any atom is 0.168 e. The van der Waals surface area contributed by atoms with Gasteiger partial charge >= 0.3 is 0 Å². The van der Waals surface area contributed by atoms with Crippen molar-refractivity contribution in [2.24, 2.45) is 0 Å². The lowest BCUT2D eigenvalue weighted by atomic mass is 9.93. The smallest absolute Gasteiger partial charge is 0.168 e. The monoisotopic (exact) mass is 301 g/mol. The number of carbonyl (C=O) groups excluding carboxylic acids is 1. The molecule has 0 bridgehead atoms. The van der Waals surface area contributed by atoms with E-state index in [1.165, 1.54) is 17.0 Å². The number of rotatable bonds is 2. The maximum absolute atomic E-state index is 12.7. The summed E-state index contributed by atoms with van der Waals surface area (Å²) in [7, 11) is 0. The van der Waals surface area contributed by atoms with E-state index in [1.54, 1.807) is 22.7 Å². The molecule has 20 heavy (non-hydrogen) atoms. The first-order valence-corrected chi connectivity index (χ1v) is 8.72. The van der Waals surface area contributed by atoms with Gasteiger partial charge in [0.1, 0.15) is 0 Å². The van der Waals surface area contributed by atoms with E-state index in [0.29, 0.717) is 18.2 Å². The minimum atomic E-state index is 0.319. The van der Waals surface area contributed by atoms with E-state index in [4.69, 9.17) is 0 Å². The van der Waals surface area contributed by atoms with Crippen LogP contribution < -0.4 is 0 Å². The third-order valence-electron chi connectivity index (χ3n) is 4.12. The second-order valence-corrected chi connectivity index (χ2v) is 7.19. The summed E-state index contributed by atoms with van der Waals surface area (Å²) in [5.41, 5.74) is 2.13. The van der Waals surface area contributed by atoms with Crippen LogP contribution in [0.5, 0.6) is 0 Å². The molecule has 0 saturated carbocycles. The number of allylic oxidation sites excluding steroid dienone is 1. The molecule has 0 radical (unpaired) electrons. The van der Waals surface area contributed by atoms with Gasteiger partial charge in [-0.15, -0.1) is 22.7 Å². The first-order chi connectivity index (χ1) is 9.84. The summed E-state index contributed by atoms with van der Waals surface area (Å²) in [5.74, 6) is 0.319. The summed E-state index contributed by atoms with van der Waals surface area (Å²) >= 11 is 3.40. The van der Waals surface area contributed by atoms with Crippen molar-refractivity contribution in [1.29, 1.82) is 0 Å². The van der Waals surface area contributed by atoms with Gasteiger partial charge in [-0.2, -0.15) is 0 Å². The van der Waals surface area contributed by atoms with E-state index in [2.05, 4.69) is 33.9 Å². The molecule has 1 fully saturated rings. The van der Waals surface area contributed by atoms with Gasteiger partial charge in [0.25, 0.3) is 0 Å². The topological polar surface area (TPSA) is 20.3 Å². The van der Waals surface area contributed by atoms with Gasteiger partial charge in [0.05, 0.1) is 16.1 Å². The Morgan fingerprint density at radius 3 is 2.55 bits per heavy atom. The molecule has 0 N–H and O–H groups in total. The number of ketones is 1. The molecule has 102 valence electrons. The fourth-order valence-corrected chi connectivity index (χ4v) is 4.87. The van der Waals surface area contributed by atoms with Crippen molar-refractivity contribution < 1.29 is 4.79 Å². The van der Waals surface area contributed by atoms with Gasteiger partial charge in [-0.05, 0) is 35.7 Å². The second-order valence-electron chi connectivity index (χ2n) is 5.29. The molecule has 2 nitrogen and oxygen atoms in total. The predicted octanol–water partition coefficient (Wildman–Crippen LogP) is 4.12. The normalized spacial score (nSPS) is 22.5. The Bertz CT molecular complexity index is 655. The molecule has 0 unspecified atom stereocenters. The van der Waals surface area contributed by atoms with Gasteiger partial charge in [-0.1, -0.05) is 12.1 Å². The van der Waals surface area contributed by atoms with Crippen LogP contribution >= 0.6 is 22.7 Å². The van der Waals surface area contributed by atoms with Crippen molar-refractivity contribution in [2.45, 2.75) is 25.3 Å². The van der Waals surface area contributed by atoms with E-state index in [-0.39, 0.29) is 0 Å². The van der Waals surface area contributed by atoms with E-state index in [0.717, 1.165) is 23.4 Å². The largest absolute Gasteiger partial charge is 0.366 e. The zero-order chi connectivity index (χ0) is 13.5. The molecule has 1 saturated heterocycles. The van der Waals surface area contributed by atoms with Crippen LogP contribution in [0.2, 0.25) is 0 Å². The molecule has 2 aliphatic heterocycles. The number of fused-ring (bicyclic) bond motifs is 1. The first-order valence-electron chi connectivity index (χ1n) is 6.96. The van der Waals surface area contributed by atoms with Crippen LogP contribution in [-0.2, 0) is 4.79 Å². The highest BCUT2D eigenvalue weighted by Crippen LogP contribution is 2.43. The van der Waals surface area contributed by atoms with Crippen molar-refractivity contribution in [2.75, 3.05) is 6.54 Å². The van der Waals surface area contributed by atoms with Gasteiger partial charge in [0.15, 0.2) is 5.78 Å². The number of hydrogen-bond acceptors (Lipinski definition) is 4. The van der Waals surface area contributed by atoms with Crippen LogP contribution in [0.4, 0.5) is 0 Å². The fraction of sp³-hybridized carbons (Fsp3) is 0.312. The number of nitrogens with zero attached hydrogens (tertiary/aromatic N) is 1. The molecule has 0 aliphatic carbocycles. The summed E-state index contributed by atoms with van der Waals surface area (Å²) in [5, 5.41) is 4.15. The maximum atomic E-state index is 12.7. The zero-order valence-electron chi connectivity index (χ0n) is 11.0. The predicted molar refractivity (Wildman–Crippen MR) is 84.8 cm³/mol. The highest BCUT2D eigenvalue weighted by molar-refractivity contribution is 7.12. The third kappa shape index (κ3) is 1.86. The SMILES string of the molecule is O=C1C[C@H]2CCCN2C(c2cccs2)=C1c1cccs1. The number of Topliss-reactive ketones (excluding diaryl/α,β-unsaturated/α-hetero) is 1. The van der Waals surface area contributed by atoms with Crippen molar-refractivity contribution in [3.63, 3.8) is 0 Å². The lowest BCUT2D eigenvalue weighted by Gasteiger charge is -2.34. The summed E-state index contributed by atoms with van der Waals surface area (Å²) < 4.78 is 0. The summed E-state index contributed by atoms with van der Waals surface area (Å²) in [4.78, 5) is 17.5. The summed E-state index contributed by atoms with van der Waals surface area (Å²) in [6, 6.07) is 8.73. The minimum absolute atomic E-state index is 0.319. The summed E-state index contributed by atoms with van der Waals surface area (Å²) in [6.45, 7) is 1.08. The Hall–Kier alpha value is -1.39. The van der Waals surface area contributed by atoms with E-state index < -0.39 is 0 Å². The van der Waals surface area contributed by atoms with Gasteiger partial charge in [-0.25, -0.2) is 0 Å².